The Kier molecular flexibility index (Phi) is 6.21. The van der Waals surface area contributed by atoms with Crippen LogP contribution >= 0.6 is 11.6 Å². The van der Waals surface area contributed by atoms with Crippen LogP contribution in [0.3, 0.4) is 0 Å². The first-order chi connectivity index (χ1) is 16.4. The third kappa shape index (κ3) is 4.49. The summed E-state index contributed by atoms with van der Waals surface area (Å²) in [5.41, 5.74) is 0.638. The summed E-state index contributed by atoms with van der Waals surface area (Å²) < 4.78 is 50.4. The van der Waals surface area contributed by atoms with Gasteiger partial charge in [-0.2, -0.15) is 4.98 Å². The molecule has 13 heteroatoms. The van der Waals surface area contributed by atoms with Crippen LogP contribution in [0.15, 0.2) is 24.3 Å². The summed E-state index contributed by atoms with van der Waals surface area (Å²) in [6, 6.07) is 5.35. The number of nitrogens with one attached hydrogen (secondary N) is 2. The van der Waals surface area contributed by atoms with Crippen molar-refractivity contribution in [3.63, 3.8) is 0 Å². The van der Waals surface area contributed by atoms with Gasteiger partial charge in [0.25, 0.3) is 6.01 Å². The number of aromatic nitrogens is 3. The van der Waals surface area contributed by atoms with Crippen molar-refractivity contribution in [1.29, 1.82) is 0 Å². The minimum atomic E-state index is -1.07. The second-order valence-electron chi connectivity index (χ2n) is 7.78. The predicted molar refractivity (Wildman–Crippen MR) is 114 cm³/mol. The van der Waals surface area contributed by atoms with Crippen LogP contribution in [-0.4, -0.2) is 70.3 Å². The molecule has 10 nitrogen and oxygen atoms in total. The van der Waals surface area contributed by atoms with Crippen LogP contribution in [0.4, 0.5) is 14.6 Å². The SMILES string of the molecule is O=C(O)CO[C@@H]1COC2C1OC[C@H]2Oc1nc2nc(NCc3c(F)cccc3F)c(Cl)cc2[nH]1. The van der Waals surface area contributed by atoms with Crippen molar-refractivity contribution in [2.75, 3.05) is 25.1 Å². The molecular formula is C21H19ClF2N4O6. The topological polar surface area (TPSA) is 128 Å². The van der Waals surface area contributed by atoms with Crippen molar-refractivity contribution in [1.82, 2.24) is 15.0 Å². The maximum Gasteiger partial charge on any atom is 0.329 e. The fourth-order valence-corrected chi connectivity index (χ4v) is 4.16. The molecule has 3 aromatic rings. The number of hydrogen-bond donors (Lipinski definition) is 3. The van der Waals surface area contributed by atoms with E-state index in [0.717, 1.165) is 0 Å². The summed E-state index contributed by atoms with van der Waals surface area (Å²) >= 11 is 6.27. The highest BCUT2D eigenvalue weighted by atomic mass is 35.5. The molecule has 5 rings (SSSR count). The summed E-state index contributed by atoms with van der Waals surface area (Å²) in [5.74, 6) is -2.23. The Balaban J connectivity index is 1.26. The van der Waals surface area contributed by atoms with Crippen LogP contribution in [0, 0.1) is 11.6 Å². The van der Waals surface area contributed by atoms with Crippen molar-refractivity contribution in [2.24, 2.45) is 0 Å². The molecule has 2 fully saturated rings. The smallest absolute Gasteiger partial charge is 0.329 e. The highest BCUT2D eigenvalue weighted by molar-refractivity contribution is 6.33. The fraction of sp³-hybridized carbons (Fsp3) is 0.381. The van der Waals surface area contributed by atoms with E-state index in [1.807, 2.05) is 0 Å². The van der Waals surface area contributed by atoms with Crippen molar-refractivity contribution in [3.8, 4) is 6.01 Å². The Morgan fingerprint density at radius 3 is 2.65 bits per heavy atom. The highest BCUT2D eigenvalue weighted by Gasteiger charge is 2.50. The van der Waals surface area contributed by atoms with Gasteiger partial charge in [0.15, 0.2) is 11.8 Å². The van der Waals surface area contributed by atoms with Crippen molar-refractivity contribution in [3.05, 3.63) is 46.5 Å². The van der Waals surface area contributed by atoms with Crippen LogP contribution in [0.5, 0.6) is 6.01 Å². The average Bonchev–Trinajstić information content (AvgIpc) is 3.48. The lowest BCUT2D eigenvalue weighted by Crippen LogP contribution is -2.36. The van der Waals surface area contributed by atoms with Gasteiger partial charge in [-0.25, -0.2) is 18.6 Å². The third-order valence-corrected chi connectivity index (χ3v) is 5.83. The quantitative estimate of drug-likeness (QED) is 0.431. The number of halogens is 3. The summed E-state index contributed by atoms with van der Waals surface area (Å²) in [6.07, 6.45) is -1.90. The van der Waals surface area contributed by atoms with Crippen LogP contribution < -0.4 is 10.1 Å². The molecule has 2 aliphatic rings. The average molecular weight is 497 g/mol. The molecule has 0 spiro atoms. The number of pyridine rings is 1. The zero-order valence-electron chi connectivity index (χ0n) is 17.5. The zero-order valence-corrected chi connectivity index (χ0v) is 18.2. The molecule has 4 heterocycles. The van der Waals surface area contributed by atoms with E-state index in [-0.39, 0.29) is 47.8 Å². The number of anilines is 1. The third-order valence-electron chi connectivity index (χ3n) is 5.55. The molecule has 0 saturated carbocycles. The summed E-state index contributed by atoms with van der Waals surface area (Å²) in [4.78, 5) is 22.3. The summed E-state index contributed by atoms with van der Waals surface area (Å²) in [7, 11) is 0. The van der Waals surface area contributed by atoms with E-state index >= 15 is 0 Å². The first-order valence-electron chi connectivity index (χ1n) is 10.4. The lowest BCUT2D eigenvalue weighted by Gasteiger charge is -2.16. The second kappa shape index (κ2) is 9.29. The number of imidazole rings is 1. The minimum Gasteiger partial charge on any atom is -0.480 e. The van der Waals surface area contributed by atoms with Gasteiger partial charge in [0, 0.05) is 12.1 Å². The fourth-order valence-electron chi connectivity index (χ4n) is 3.94. The summed E-state index contributed by atoms with van der Waals surface area (Å²) in [5, 5.41) is 11.8. The number of carbonyl (C=O) groups is 1. The van der Waals surface area contributed by atoms with Gasteiger partial charge in [-0.05, 0) is 18.2 Å². The monoisotopic (exact) mass is 496 g/mol. The maximum atomic E-state index is 13.9. The predicted octanol–water partition coefficient (Wildman–Crippen LogP) is 2.52. The molecule has 3 N–H and O–H groups in total. The molecular weight excluding hydrogens is 478 g/mol. The van der Waals surface area contributed by atoms with E-state index in [1.54, 1.807) is 6.07 Å². The first-order valence-corrected chi connectivity index (χ1v) is 10.7. The number of ether oxygens (including phenoxy) is 4. The molecule has 34 heavy (non-hydrogen) atoms. The van der Waals surface area contributed by atoms with Crippen LogP contribution in [0.1, 0.15) is 5.56 Å². The second-order valence-corrected chi connectivity index (χ2v) is 8.19. The number of H-pyrrole nitrogens is 1. The maximum absolute atomic E-state index is 13.9. The Labute approximate surface area is 196 Å². The minimum absolute atomic E-state index is 0.135. The van der Waals surface area contributed by atoms with E-state index in [2.05, 4.69) is 20.3 Å². The lowest BCUT2D eigenvalue weighted by atomic mass is 10.1. The number of rotatable bonds is 8. The van der Waals surface area contributed by atoms with Crippen molar-refractivity contribution >= 4 is 34.6 Å². The van der Waals surface area contributed by atoms with Gasteiger partial charge in [0.2, 0.25) is 0 Å². The van der Waals surface area contributed by atoms with E-state index in [1.165, 1.54) is 18.2 Å². The van der Waals surface area contributed by atoms with Crippen LogP contribution in [0.2, 0.25) is 5.02 Å². The standard InChI is InChI=1S/C21H19ClF2N4O6/c22-10-4-13-20(27-19(10)25-5-9-11(23)2-1-3-12(9)24)28-21(26-13)34-15-7-33-17-14(6-32-18(15)17)31-8-16(29)30/h1-4,14-15,17-18H,5-8H2,(H,29,30)(H2,25,26,27,28)/t14-,15-,17?,18?/m1/s1. The van der Waals surface area contributed by atoms with E-state index in [9.17, 15) is 13.6 Å². The molecule has 4 atom stereocenters. The van der Waals surface area contributed by atoms with Gasteiger partial charge < -0.3 is 34.4 Å². The van der Waals surface area contributed by atoms with Crippen molar-refractivity contribution in [2.45, 2.75) is 31.0 Å². The Morgan fingerprint density at radius 1 is 1.21 bits per heavy atom. The van der Waals surface area contributed by atoms with Gasteiger partial charge in [0.1, 0.15) is 42.4 Å². The van der Waals surface area contributed by atoms with E-state index in [4.69, 9.17) is 35.7 Å². The Bertz CT molecular complexity index is 1210. The van der Waals surface area contributed by atoms with Gasteiger partial charge in [0.05, 0.1) is 23.8 Å². The van der Waals surface area contributed by atoms with E-state index < -0.39 is 48.6 Å². The number of aromatic amines is 1. The molecule has 2 unspecified atom stereocenters. The van der Waals surface area contributed by atoms with E-state index in [0.29, 0.717) is 5.52 Å². The number of carboxylic acid groups (broad SMARTS) is 1. The number of nitrogens with zero attached hydrogens (tertiary/aromatic N) is 2. The number of aliphatic carboxylic acids is 1. The number of carboxylic acids is 1. The summed E-state index contributed by atoms with van der Waals surface area (Å²) in [6.45, 7) is -0.205. The van der Waals surface area contributed by atoms with Crippen LogP contribution in [0.25, 0.3) is 11.2 Å². The molecule has 0 amide bonds. The molecule has 0 radical (unpaired) electrons. The zero-order chi connectivity index (χ0) is 23.8. The molecule has 1 aromatic carbocycles. The van der Waals surface area contributed by atoms with Crippen LogP contribution in [-0.2, 0) is 25.5 Å². The Hall–Kier alpha value is -3.06. The normalized spacial score (nSPS) is 23.9. The molecule has 2 aliphatic heterocycles. The molecule has 0 aliphatic carbocycles. The molecule has 2 saturated heterocycles. The largest absolute Gasteiger partial charge is 0.480 e. The number of hydrogen-bond acceptors (Lipinski definition) is 8. The van der Waals surface area contributed by atoms with Gasteiger partial charge in [-0.1, -0.05) is 17.7 Å². The molecule has 0 bridgehead atoms. The number of benzene rings is 1. The first kappa shape index (κ1) is 22.7. The van der Waals surface area contributed by atoms with Gasteiger partial charge in [-0.15, -0.1) is 0 Å². The lowest BCUT2D eigenvalue weighted by molar-refractivity contribution is -0.146. The molecule has 180 valence electrons. The Morgan fingerprint density at radius 2 is 1.91 bits per heavy atom. The highest BCUT2D eigenvalue weighted by Crippen LogP contribution is 2.32. The molecule has 2 aromatic heterocycles. The van der Waals surface area contributed by atoms with Gasteiger partial charge >= 0.3 is 5.97 Å². The van der Waals surface area contributed by atoms with Gasteiger partial charge in [-0.3, -0.25) is 0 Å². The van der Waals surface area contributed by atoms with Crippen molar-refractivity contribution < 1.29 is 37.6 Å². The number of fused-ring (bicyclic) bond motifs is 2.